The molecule has 112 valence electrons. The smallest absolute Gasteiger partial charge is 0.0465 e. The Bertz CT molecular complexity index is 257. The minimum atomic E-state index is 0.678. The maximum atomic E-state index is 5.26. The van der Waals surface area contributed by atoms with Crippen LogP contribution in [0.25, 0.3) is 0 Å². The highest BCUT2D eigenvalue weighted by Crippen LogP contribution is 2.40. The van der Waals surface area contributed by atoms with Gasteiger partial charge in [-0.3, -0.25) is 0 Å². The molecule has 2 rings (SSSR count). The van der Waals surface area contributed by atoms with E-state index in [9.17, 15) is 0 Å². The van der Waals surface area contributed by atoms with Crippen LogP contribution in [-0.4, -0.2) is 50.3 Å². The van der Waals surface area contributed by atoms with Gasteiger partial charge in [0.2, 0.25) is 0 Å². The normalized spacial score (nSPS) is 34.4. The van der Waals surface area contributed by atoms with Crippen LogP contribution >= 0.6 is 0 Å². The first-order valence-corrected chi connectivity index (χ1v) is 8.11. The van der Waals surface area contributed by atoms with Crippen LogP contribution in [0.2, 0.25) is 0 Å². The molecule has 19 heavy (non-hydrogen) atoms. The zero-order valence-corrected chi connectivity index (χ0v) is 13.2. The predicted octanol–water partition coefficient (Wildman–Crippen LogP) is 2.51. The summed E-state index contributed by atoms with van der Waals surface area (Å²) in [6, 6.07) is 2.37. The molecule has 0 amide bonds. The van der Waals surface area contributed by atoms with Gasteiger partial charge in [-0.05, 0) is 57.5 Å². The molecule has 4 atom stereocenters. The van der Waals surface area contributed by atoms with Crippen molar-refractivity contribution in [1.82, 2.24) is 10.2 Å². The molecule has 0 aromatic carbocycles. The topological polar surface area (TPSA) is 24.5 Å². The van der Waals surface area contributed by atoms with E-state index in [1.165, 1.54) is 32.1 Å². The maximum absolute atomic E-state index is 5.26. The van der Waals surface area contributed by atoms with Crippen molar-refractivity contribution in [2.24, 2.45) is 11.8 Å². The van der Waals surface area contributed by atoms with E-state index in [0.717, 1.165) is 31.2 Å². The largest absolute Gasteiger partial charge is 0.385 e. The van der Waals surface area contributed by atoms with E-state index >= 15 is 0 Å². The highest BCUT2D eigenvalue weighted by atomic mass is 16.5. The zero-order chi connectivity index (χ0) is 13.8. The fourth-order valence-electron chi connectivity index (χ4n) is 4.30. The van der Waals surface area contributed by atoms with Gasteiger partial charge in [0.05, 0.1) is 0 Å². The summed E-state index contributed by atoms with van der Waals surface area (Å²) in [5, 5.41) is 3.77. The third-order valence-electron chi connectivity index (χ3n) is 5.47. The van der Waals surface area contributed by atoms with E-state index in [-0.39, 0.29) is 0 Å². The van der Waals surface area contributed by atoms with Crippen LogP contribution in [0.1, 0.15) is 46.0 Å². The van der Waals surface area contributed by atoms with E-state index < -0.39 is 0 Å². The van der Waals surface area contributed by atoms with Crippen LogP contribution in [0, 0.1) is 11.8 Å². The van der Waals surface area contributed by atoms with E-state index in [1.54, 1.807) is 0 Å². The summed E-state index contributed by atoms with van der Waals surface area (Å²) >= 11 is 0. The summed E-state index contributed by atoms with van der Waals surface area (Å²) in [4.78, 5) is 2.64. The first-order chi connectivity index (χ1) is 9.17. The van der Waals surface area contributed by atoms with Gasteiger partial charge in [0, 0.05) is 31.8 Å². The van der Waals surface area contributed by atoms with E-state index in [4.69, 9.17) is 4.74 Å². The molecule has 2 fully saturated rings. The van der Waals surface area contributed by atoms with Gasteiger partial charge in [0.1, 0.15) is 0 Å². The van der Waals surface area contributed by atoms with Crippen molar-refractivity contribution in [3.8, 4) is 0 Å². The average molecular weight is 268 g/mol. The van der Waals surface area contributed by atoms with E-state index in [1.807, 2.05) is 7.11 Å². The molecule has 2 bridgehead atoms. The first kappa shape index (κ1) is 15.3. The Kier molecular flexibility index (Phi) is 5.67. The standard InChI is InChI=1S/C16H32N2O/c1-5-17-16(12(2)8-9-19-4)13-10-14-6-7-15(11-13)18(14)3/h12-17H,5-11H2,1-4H3. The SMILES string of the molecule is CCNC(C(C)CCOC)C1CC2CCC(C1)N2C. The Labute approximate surface area is 119 Å². The Balaban J connectivity index is 1.95. The van der Waals surface area contributed by atoms with Crippen LogP contribution in [0.4, 0.5) is 0 Å². The number of fused-ring (bicyclic) bond motifs is 2. The van der Waals surface area contributed by atoms with Gasteiger partial charge in [0.15, 0.2) is 0 Å². The van der Waals surface area contributed by atoms with Crippen molar-refractivity contribution in [3.63, 3.8) is 0 Å². The lowest BCUT2D eigenvalue weighted by molar-refractivity contribution is 0.0887. The van der Waals surface area contributed by atoms with Crippen molar-refractivity contribution in [2.75, 3.05) is 27.3 Å². The van der Waals surface area contributed by atoms with Crippen LogP contribution in [0.15, 0.2) is 0 Å². The first-order valence-electron chi connectivity index (χ1n) is 8.11. The van der Waals surface area contributed by atoms with Crippen molar-refractivity contribution < 1.29 is 4.74 Å². The predicted molar refractivity (Wildman–Crippen MR) is 80.4 cm³/mol. The van der Waals surface area contributed by atoms with E-state index in [0.29, 0.717) is 12.0 Å². The Hall–Kier alpha value is -0.120. The lowest BCUT2D eigenvalue weighted by Gasteiger charge is -2.42. The molecule has 2 heterocycles. The summed E-state index contributed by atoms with van der Waals surface area (Å²) < 4.78 is 5.26. The molecule has 0 aromatic heterocycles. The number of ether oxygens (including phenoxy) is 1. The van der Waals surface area contributed by atoms with Crippen molar-refractivity contribution in [3.05, 3.63) is 0 Å². The zero-order valence-electron chi connectivity index (χ0n) is 13.2. The number of hydrogen-bond acceptors (Lipinski definition) is 3. The minimum absolute atomic E-state index is 0.678. The summed E-state index contributed by atoms with van der Waals surface area (Å²) in [5.41, 5.74) is 0. The molecule has 3 nitrogen and oxygen atoms in total. The van der Waals surface area contributed by atoms with Crippen molar-refractivity contribution >= 4 is 0 Å². The summed E-state index contributed by atoms with van der Waals surface area (Å²) in [5.74, 6) is 1.58. The number of nitrogens with zero attached hydrogens (tertiary/aromatic N) is 1. The molecule has 0 aromatic rings. The molecule has 0 aliphatic carbocycles. The lowest BCUT2D eigenvalue weighted by atomic mass is 9.79. The number of hydrogen-bond donors (Lipinski definition) is 1. The number of rotatable bonds is 7. The third kappa shape index (κ3) is 3.50. The summed E-state index contributed by atoms with van der Waals surface area (Å²) in [6.45, 7) is 6.61. The molecule has 2 aliphatic heterocycles. The van der Waals surface area contributed by atoms with Gasteiger partial charge < -0.3 is 15.0 Å². The van der Waals surface area contributed by atoms with Gasteiger partial charge in [-0.2, -0.15) is 0 Å². The van der Waals surface area contributed by atoms with Crippen LogP contribution in [-0.2, 0) is 4.74 Å². The second-order valence-corrected chi connectivity index (χ2v) is 6.62. The molecule has 0 radical (unpaired) electrons. The fourth-order valence-corrected chi connectivity index (χ4v) is 4.30. The second-order valence-electron chi connectivity index (χ2n) is 6.62. The van der Waals surface area contributed by atoms with Gasteiger partial charge in [-0.15, -0.1) is 0 Å². The molecular weight excluding hydrogens is 236 g/mol. The van der Waals surface area contributed by atoms with Gasteiger partial charge >= 0.3 is 0 Å². The molecular formula is C16H32N2O. The highest BCUT2D eigenvalue weighted by Gasteiger charge is 2.41. The molecule has 4 unspecified atom stereocenters. The molecule has 3 heteroatoms. The number of methoxy groups -OCH3 is 1. The molecule has 2 saturated heterocycles. The Morgan fingerprint density at radius 2 is 1.89 bits per heavy atom. The molecule has 0 spiro atoms. The highest BCUT2D eigenvalue weighted by molar-refractivity contribution is 4.97. The number of nitrogens with one attached hydrogen (secondary N) is 1. The minimum Gasteiger partial charge on any atom is -0.385 e. The third-order valence-corrected chi connectivity index (χ3v) is 5.47. The fraction of sp³-hybridized carbons (Fsp3) is 1.00. The number of piperidine rings is 1. The Morgan fingerprint density at radius 1 is 1.26 bits per heavy atom. The van der Waals surface area contributed by atoms with Crippen LogP contribution < -0.4 is 5.32 Å². The van der Waals surface area contributed by atoms with Gasteiger partial charge in [-0.1, -0.05) is 13.8 Å². The van der Waals surface area contributed by atoms with Crippen LogP contribution in [0.5, 0.6) is 0 Å². The monoisotopic (exact) mass is 268 g/mol. The summed E-state index contributed by atoms with van der Waals surface area (Å²) in [7, 11) is 4.14. The quantitative estimate of drug-likeness (QED) is 0.768. The Morgan fingerprint density at radius 3 is 2.42 bits per heavy atom. The molecule has 2 aliphatic rings. The van der Waals surface area contributed by atoms with Crippen LogP contribution in [0.3, 0.4) is 0 Å². The second kappa shape index (κ2) is 7.05. The molecule has 1 N–H and O–H groups in total. The summed E-state index contributed by atoms with van der Waals surface area (Å²) in [6.07, 6.45) is 6.80. The van der Waals surface area contributed by atoms with Gasteiger partial charge in [-0.25, -0.2) is 0 Å². The van der Waals surface area contributed by atoms with E-state index in [2.05, 4.69) is 31.1 Å². The maximum Gasteiger partial charge on any atom is 0.0465 e. The van der Waals surface area contributed by atoms with Gasteiger partial charge in [0.25, 0.3) is 0 Å². The van der Waals surface area contributed by atoms with Crippen molar-refractivity contribution in [1.29, 1.82) is 0 Å². The average Bonchev–Trinajstić information content (AvgIpc) is 2.65. The molecule has 0 saturated carbocycles. The lowest BCUT2D eigenvalue weighted by Crippen LogP contribution is -2.49. The van der Waals surface area contributed by atoms with Crippen molar-refractivity contribution in [2.45, 2.75) is 64.1 Å².